The van der Waals surface area contributed by atoms with Crippen molar-refractivity contribution in [2.24, 2.45) is 5.73 Å². The van der Waals surface area contributed by atoms with Gasteiger partial charge in [-0.25, -0.2) is 4.98 Å². The number of hydrogen-bond acceptors (Lipinski definition) is 3. The van der Waals surface area contributed by atoms with Gasteiger partial charge in [0.05, 0.1) is 18.5 Å². The van der Waals surface area contributed by atoms with E-state index in [4.69, 9.17) is 17.3 Å². The molecule has 0 radical (unpaired) electrons. The number of primary amides is 1. The lowest BCUT2D eigenvalue weighted by Gasteiger charge is -2.22. The predicted molar refractivity (Wildman–Crippen MR) is 93.0 cm³/mol. The third-order valence-corrected chi connectivity index (χ3v) is 4.43. The van der Waals surface area contributed by atoms with Crippen molar-refractivity contribution in [3.05, 3.63) is 53.7 Å². The Kier molecular flexibility index (Phi) is 4.59. The van der Waals surface area contributed by atoms with Crippen LogP contribution >= 0.6 is 11.6 Å². The smallest absolute Gasteiger partial charge is 0.268 e. The molecule has 3 rings (SSSR count). The van der Waals surface area contributed by atoms with E-state index < -0.39 is 12.0 Å². The molecule has 0 spiro atoms. The number of nitrogens with zero attached hydrogens (tertiary/aromatic N) is 3. The number of carbonyl (C=O) groups excluding carboxylic acids is 1. The maximum absolute atomic E-state index is 11.2. The molecule has 2 atom stereocenters. The van der Waals surface area contributed by atoms with E-state index in [-0.39, 0.29) is 11.7 Å². The van der Waals surface area contributed by atoms with Crippen LogP contribution in [-0.2, 0) is 6.54 Å². The summed E-state index contributed by atoms with van der Waals surface area (Å²) in [6.45, 7) is 2.42. The number of fused-ring (bicyclic) bond motifs is 1. The Labute approximate surface area is 144 Å². The molecule has 0 saturated carbocycles. The molecule has 1 amide bonds. The second-order valence-electron chi connectivity index (χ2n) is 5.88. The topological polar surface area (TPSA) is 86.1 Å². The summed E-state index contributed by atoms with van der Waals surface area (Å²) in [6.07, 6.45) is 5.18. The molecule has 126 valence electrons. The van der Waals surface area contributed by atoms with Crippen LogP contribution in [0.5, 0.6) is 0 Å². The minimum atomic E-state index is -0.592. The summed E-state index contributed by atoms with van der Waals surface area (Å²) >= 11 is 6.08. The lowest BCUT2D eigenvalue weighted by Crippen LogP contribution is -2.22. The van der Waals surface area contributed by atoms with Crippen LogP contribution in [0.15, 0.2) is 43.0 Å². The molecule has 0 fully saturated rings. The van der Waals surface area contributed by atoms with E-state index in [1.165, 1.54) is 6.33 Å². The molecule has 24 heavy (non-hydrogen) atoms. The van der Waals surface area contributed by atoms with Crippen LogP contribution in [0.25, 0.3) is 10.9 Å². The molecule has 2 heterocycles. The van der Waals surface area contributed by atoms with Crippen molar-refractivity contribution in [2.75, 3.05) is 0 Å². The van der Waals surface area contributed by atoms with E-state index in [0.717, 1.165) is 10.9 Å². The summed E-state index contributed by atoms with van der Waals surface area (Å²) in [4.78, 5) is 15.2. The molecule has 0 aliphatic heterocycles. The Bertz CT molecular complexity index is 868. The number of aliphatic hydroxyl groups excluding tert-OH is 1. The SMILES string of the molecule is CC(O)C(CCn1ccc2ccc(Cl)cc21)n1cnc(C(N)=O)c1. The van der Waals surface area contributed by atoms with E-state index in [1.54, 1.807) is 17.7 Å². The molecular weight excluding hydrogens is 328 g/mol. The van der Waals surface area contributed by atoms with E-state index in [2.05, 4.69) is 9.55 Å². The quantitative estimate of drug-likeness (QED) is 0.719. The second-order valence-corrected chi connectivity index (χ2v) is 6.32. The largest absolute Gasteiger partial charge is 0.391 e. The number of benzene rings is 1. The molecule has 0 aliphatic carbocycles. The Hall–Kier alpha value is -2.31. The number of hydrogen-bond donors (Lipinski definition) is 2. The highest BCUT2D eigenvalue weighted by Crippen LogP contribution is 2.23. The third kappa shape index (κ3) is 3.29. The highest BCUT2D eigenvalue weighted by molar-refractivity contribution is 6.31. The average molecular weight is 347 g/mol. The van der Waals surface area contributed by atoms with Crippen LogP contribution in [0.2, 0.25) is 5.02 Å². The molecule has 3 aromatic rings. The molecule has 0 aliphatic rings. The number of nitrogens with two attached hydrogens (primary N) is 1. The van der Waals surface area contributed by atoms with Gasteiger partial charge >= 0.3 is 0 Å². The fourth-order valence-corrected chi connectivity index (χ4v) is 3.07. The molecule has 0 saturated heterocycles. The first-order valence-corrected chi connectivity index (χ1v) is 8.09. The van der Waals surface area contributed by atoms with Crippen molar-refractivity contribution in [3.63, 3.8) is 0 Å². The minimum Gasteiger partial charge on any atom is -0.391 e. The number of aromatic nitrogens is 3. The molecule has 3 N–H and O–H groups in total. The van der Waals surface area contributed by atoms with Crippen molar-refractivity contribution >= 4 is 28.4 Å². The first kappa shape index (κ1) is 16.5. The molecule has 2 aromatic heterocycles. The third-order valence-electron chi connectivity index (χ3n) is 4.20. The fourth-order valence-electron chi connectivity index (χ4n) is 2.91. The molecule has 7 heteroatoms. The Morgan fingerprint density at radius 1 is 1.42 bits per heavy atom. The van der Waals surface area contributed by atoms with Gasteiger partial charge in [0.25, 0.3) is 5.91 Å². The van der Waals surface area contributed by atoms with E-state index in [9.17, 15) is 9.90 Å². The zero-order valence-electron chi connectivity index (χ0n) is 13.3. The van der Waals surface area contributed by atoms with Gasteiger partial charge in [0.2, 0.25) is 0 Å². The highest BCUT2D eigenvalue weighted by Gasteiger charge is 2.19. The van der Waals surface area contributed by atoms with Gasteiger partial charge in [-0.1, -0.05) is 17.7 Å². The Morgan fingerprint density at radius 2 is 2.21 bits per heavy atom. The number of aliphatic hydroxyl groups is 1. The van der Waals surface area contributed by atoms with Gasteiger partial charge in [0.1, 0.15) is 5.69 Å². The van der Waals surface area contributed by atoms with Gasteiger partial charge < -0.3 is 20.0 Å². The van der Waals surface area contributed by atoms with Gasteiger partial charge in [0.15, 0.2) is 0 Å². The van der Waals surface area contributed by atoms with Crippen LogP contribution in [0.4, 0.5) is 0 Å². The van der Waals surface area contributed by atoms with Crippen LogP contribution in [-0.4, -0.2) is 31.2 Å². The van der Waals surface area contributed by atoms with Crippen LogP contribution in [0.1, 0.15) is 29.9 Å². The fraction of sp³-hybridized carbons (Fsp3) is 0.294. The summed E-state index contributed by atoms with van der Waals surface area (Å²) in [6, 6.07) is 7.60. The predicted octanol–water partition coefficient (Wildman–Crippen LogP) is 2.60. The van der Waals surface area contributed by atoms with Gasteiger partial charge in [-0.3, -0.25) is 4.79 Å². The molecule has 0 bridgehead atoms. The average Bonchev–Trinajstić information content (AvgIpc) is 3.15. The van der Waals surface area contributed by atoms with Crippen molar-refractivity contribution in [3.8, 4) is 0 Å². The van der Waals surface area contributed by atoms with Crippen molar-refractivity contribution in [2.45, 2.75) is 32.0 Å². The van der Waals surface area contributed by atoms with Crippen molar-refractivity contribution in [1.82, 2.24) is 14.1 Å². The van der Waals surface area contributed by atoms with Crippen LogP contribution in [0.3, 0.4) is 0 Å². The highest BCUT2D eigenvalue weighted by atomic mass is 35.5. The molecule has 6 nitrogen and oxygen atoms in total. The van der Waals surface area contributed by atoms with Gasteiger partial charge in [-0.15, -0.1) is 0 Å². The second kappa shape index (κ2) is 6.67. The summed E-state index contributed by atoms with van der Waals surface area (Å²) in [7, 11) is 0. The first-order valence-electron chi connectivity index (χ1n) is 7.71. The van der Waals surface area contributed by atoms with Gasteiger partial charge in [-0.05, 0) is 36.9 Å². The van der Waals surface area contributed by atoms with Crippen LogP contribution in [0, 0.1) is 0 Å². The Morgan fingerprint density at radius 3 is 2.88 bits per heavy atom. The summed E-state index contributed by atoms with van der Waals surface area (Å²) < 4.78 is 3.84. The molecule has 1 aromatic carbocycles. The maximum Gasteiger partial charge on any atom is 0.268 e. The van der Waals surface area contributed by atoms with Crippen LogP contribution < -0.4 is 5.73 Å². The lowest BCUT2D eigenvalue weighted by atomic mass is 10.1. The summed E-state index contributed by atoms with van der Waals surface area (Å²) in [5, 5.41) is 11.9. The number of imidazole rings is 1. The maximum atomic E-state index is 11.2. The van der Waals surface area contributed by atoms with E-state index in [1.807, 2.05) is 30.5 Å². The zero-order chi connectivity index (χ0) is 17.3. The number of aryl methyl sites for hydroxylation is 1. The molecule has 2 unspecified atom stereocenters. The monoisotopic (exact) mass is 346 g/mol. The van der Waals surface area contributed by atoms with Crippen molar-refractivity contribution in [1.29, 1.82) is 0 Å². The number of halogens is 1. The Balaban J connectivity index is 1.80. The number of amides is 1. The zero-order valence-corrected chi connectivity index (χ0v) is 14.0. The minimum absolute atomic E-state index is 0.193. The van der Waals surface area contributed by atoms with Gasteiger partial charge in [0, 0.05) is 29.5 Å². The summed E-state index contributed by atoms with van der Waals surface area (Å²) in [5.41, 5.74) is 6.48. The lowest BCUT2D eigenvalue weighted by molar-refractivity contribution is 0.0994. The molecular formula is C17H19ClN4O2. The number of rotatable bonds is 6. The van der Waals surface area contributed by atoms with E-state index >= 15 is 0 Å². The normalized spacial score (nSPS) is 14.0. The van der Waals surface area contributed by atoms with Gasteiger partial charge in [-0.2, -0.15) is 0 Å². The standard InChI is InChI=1S/C17H19ClN4O2/c1-11(23)15(22-9-14(17(19)24)20-10-22)5-7-21-6-4-12-2-3-13(18)8-16(12)21/h2-4,6,8-11,15,23H,5,7H2,1H3,(H2,19,24). The first-order chi connectivity index (χ1) is 11.5. The van der Waals surface area contributed by atoms with Crippen molar-refractivity contribution < 1.29 is 9.90 Å². The number of carbonyl (C=O) groups is 1. The van der Waals surface area contributed by atoms with E-state index in [0.29, 0.717) is 18.0 Å². The summed E-state index contributed by atoms with van der Waals surface area (Å²) in [5.74, 6) is -0.580.